The standard InChI is InChI=1S/C19H21N3O2.C7H5N3O2S/c1-12-10-14(8-9-17(12)20)21(3)13(2)11-22-18(23)15-6-4-5-7-16(15)19(22)24;8-7-5-3-4(10(11)12)1-2-6(5)9-13-7/h4-10,13H,11,20H2,1-3H3;1-3H,8H2. The number of hydrogen-bond acceptors (Lipinski definition) is 9. The number of non-ortho nitro benzene ring substituents is 1. The summed E-state index contributed by atoms with van der Waals surface area (Å²) in [6, 6.07) is 17.2. The highest BCUT2D eigenvalue weighted by molar-refractivity contribution is 7.11. The molecule has 11 heteroatoms. The van der Waals surface area contributed by atoms with Gasteiger partial charge in [-0.1, -0.05) is 12.1 Å². The average molecular weight is 519 g/mol. The fourth-order valence-corrected chi connectivity index (χ4v) is 4.61. The number of rotatable bonds is 5. The van der Waals surface area contributed by atoms with Gasteiger partial charge in [-0.05, 0) is 67.3 Å². The van der Waals surface area contributed by atoms with E-state index in [0.29, 0.717) is 33.6 Å². The molecule has 5 rings (SSSR count). The summed E-state index contributed by atoms with van der Waals surface area (Å²) in [4.78, 5) is 38.3. The topological polar surface area (TPSA) is 149 Å². The number of nitrogen functional groups attached to an aromatic ring is 2. The Morgan fingerprint density at radius 3 is 2.30 bits per heavy atom. The Kier molecular flexibility index (Phi) is 7.07. The number of nitro benzene ring substituents is 1. The molecule has 1 atom stereocenters. The molecule has 0 saturated heterocycles. The van der Waals surface area contributed by atoms with Gasteiger partial charge in [0.25, 0.3) is 17.5 Å². The number of hydrogen-bond donors (Lipinski definition) is 2. The number of fused-ring (bicyclic) bond motifs is 2. The summed E-state index contributed by atoms with van der Waals surface area (Å²) < 4.78 is 4.01. The molecular formula is C26H26N6O4S. The van der Waals surface area contributed by atoms with Crippen molar-refractivity contribution in [3.63, 3.8) is 0 Å². The van der Waals surface area contributed by atoms with Crippen molar-refractivity contribution >= 4 is 56.3 Å². The minimum Gasteiger partial charge on any atom is -0.399 e. The van der Waals surface area contributed by atoms with Crippen molar-refractivity contribution in [3.8, 4) is 0 Å². The van der Waals surface area contributed by atoms with Gasteiger partial charge in [0, 0.05) is 48.5 Å². The second kappa shape index (κ2) is 10.2. The van der Waals surface area contributed by atoms with E-state index in [1.807, 2.05) is 39.1 Å². The van der Waals surface area contributed by atoms with Crippen LogP contribution in [0.25, 0.3) is 10.9 Å². The first-order valence-electron chi connectivity index (χ1n) is 11.4. The van der Waals surface area contributed by atoms with Gasteiger partial charge in [0.15, 0.2) is 0 Å². The van der Waals surface area contributed by atoms with Gasteiger partial charge >= 0.3 is 0 Å². The first-order valence-corrected chi connectivity index (χ1v) is 12.2. The molecule has 1 aliphatic rings. The van der Waals surface area contributed by atoms with Crippen LogP contribution >= 0.6 is 11.5 Å². The zero-order valence-electron chi connectivity index (χ0n) is 20.5. The molecule has 1 unspecified atom stereocenters. The SMILES string of the molecule is Cc1cc(N(C)C(C)CN2C(=O)c3ccccc3C2=O)ccc1N.Nc1snc2ccc([N+](=O)[O-])cc12. The van der Waals surface area contributed by atoms with Crippen molar-refractivity contribution in [2.45, 2.75) is 19.9 Å². The van der Waals surface area contributed by atoms with Gasteiger partial charge in [0.05, 0.1) is 21.6 Å². The monoisotopic (exact) mass is 518 g/mol. The summed E-state index contributed by atoms with van der Waals surface area (Å²) in [6.45, 7) is 4.29. The molecule has 0 spiro atoms. The number of carbonyl (C=O) groups excluding carboxylic acids is 2. The summed E-state index contributed by atoms with van der Waals surface area (Å²) in [5.41, 5.74) is 15.9. The van der Waals surface area contributed by atoms with Crippen LogP contribution in [0.3, 0.4) is 0 Å². The highest BCUT2D eigenvalue weighted by atomic mass is 32.1. The molecule has 0 radical (unpaired) electrons. The summed E-state index contributed by atoms with van der Waals surface area (Å²) in [7, 11) is 1.95. The van der Waals surface area contributed by atoms with Gasteiger partial charge < -0.3 is 16.4 Å². The van der Waals surface area contributed by atoms with E-state index in [2.05, 4.69) is 9.27 Å². The maximum Gasteiger partial charge on any atom is 0.270 e. The minimum absolute atomic E-state index is 0.0183. The van der Waals surface area contributed by atoms with Gasteiger partial charge in [-0.2, -0.15) is 4.37 Å². The van der Waals surface area contributed by atoms with E-state index in [4.69, 9.17) is 11.5 Å². The fourth-order valence-electron chi connectivity index (χ4n) is 3.99. The molecule has 0 saturated carbocycles. The Morgan fingerprint density at radius 2 is 1.70 bits per heavy atom. The smallest absolute Gasteiger partial charge is 0.270 e. The Hall–Kier alpha value is -4.51. The third-order valence-electron chi connectivity index (χ3n) is 6.35. The molecule has 190 valence electrons. The molecule has 0 fully saturated rings. The maximum absolute atomic E-state index is 12.5. The van der Waals surface area contributed by atoms with Crippen molar-refractivity contribution in [2.75, 3.05) is 30.0 Å². The van der Waals surface area contributed by atoms with Gasteiger partial charge in [-0.25, -0.2) is 0 Å². The van der Waals surface area contributed by atoms with Gasteiger partial charge in [-0.15, -0.1) is 0 Å². The van der Waals surface area contributed by atoms with Crippen LogP contribution in [-0.4, -0.2) is 45.6 Å². The molecule has 1 aromatic heterocycles. The highest BCUT2D eigenvalue weighted by Gasteiger charge is 2.36. The summed E-state index contributed by atoms with van der Waals surface area (Å²) >= 11 is 1.14. The number of carbonyl (C=O) groups is 2. The van der Waals surface area contributed by atoms with E-state index in [1.54, 1.807) is 30.3 Å². The predicted octanol–water partition coefficient (Wildman–Crippen LogP) is 4.48. The number of benzene rings is 3. The number of anilines is 3. The number of nitro groups is 1. The molecule has 2 amide bonds. The normalized spacial score (nSPS) is 13.2. The molecule has 37 heavy (non-hydrogen) atoms. The zero-order valence-corrected chi connectivity index (χ0v) is 21.4. The fraction of sp³-hybridized carbons (Fsp3) is 0.192. The molecule has 3 aromatic carbocycles. The second-order valence-electron chi connectivity index (χ2n) is 8.77. The minimum atomic E-state index is -0.448. The lowest BCUT2D eigenvalue weighted by Crippen LogP contribution is -2.43. The van der Waals surface area contributed by atoms with Crippen molar-refractivity contribution in [3.05, 3.63) is 87.5 Å². The van der Waals surface area contributed by atoms with Crippen LogP contribution < -0.4 is 16.4 Å². The van der Waals surface area contributed by atoms with Crippen LogP contribution in [0, 0.1) is 17.0 Å². The van der Waals surface area contributed by atoms with Crippen LogP contribution in [0.5, 0.6) is 0 Å². The Bertz CT molecular complexity index is 1480. The van der Waals surface area contributed by atoms with Crippen LogP contribution in [-0.2, 0) is 0 Å². The molecule has 0 bridgehead atoms. The number of nitrogens with zero attached hydrogens (tertiary/aromatic N) is 4. The first-order chi connectivity index (χ1) is 17.6. The third kappa shape index (κ3) is 5.07. The number of amides is 2. The lowest BCUT2D eigenvalue weighted by Gasteiger charge is -2.30. The van der Waals surface area contributed by atoms with E-state index in [0.717, 1.165) is 28.5 Å². The summed E-state index contributed by atoms with van der Waals surface area (Å²) in [5.74, 6) is -0.436. The lowest BCUT2D eigenvalue weighted by atomic mass is 10.1. The molecule has 4 aromatic rings. The van der Waals surface area contributed by atoms with Crippen molar-refractivity contribution in [1.29, 1.82) is 0 Å². The van der Waals surface area contributed by atoms with Crippen LogP contribution in [0.1, 0.15) is 33.2 Å². The molecule has 4 N–H and O–H groups in total. The summed E-state index contributed by atoms with van der Waals surface area (Å²) in [6.07, 6.45) is 0. The Balaban J connectivity index is 0.000000207. The predicted molar refractivity (Wildman–Crippen MR) is 146 cm³/mol. The Labute approximate surface area is 217 Å². The number of likely N-dealkylation sites (N-methyl/N-ethyl adjacent to an activating group) is 1. The molecule has 2 heterocycles. The quantitative estimate of drug-likeness (QED) is 0.170. The van der Waals surface area contributed by atoms with E-state index < -0.39 is 4.92 Å². The van der Waals surface area contributed by atoms with Gasteiger partial charge in [-0.3, -0.25) is 24.6 Å². The molecular weight excluding hydrogens is 492 g/mol. The van der Waals surface area contributed by atoms with Crippen molar-refractivity contribution in [2.24, 2.45) is 0 Å². The molecule has 10 nitrogen and oxygen atoms in total. The van der Waals surface area contributed by atoms with E-state index in [-0.39, 0.29) is 23.5 Å². The van der Waals surface area contributed by atoms with E-state index in [1.165, 1.54) is 17.0 Å². The van der Waals surface area contributed by atoms with Crippen LogP contribution in [0.2, 0.25) is 0 Å². The number of imide groups is 1. The summed E-state index contributed by atoms with van der Waals surface area (Å²) in [5, 5.41) is 11.6. The van der Waals surface area contributed by atoms with E-state index in [9.17, 15) is 19.7 Å². The second-order valence-corrected chi connectivity index (χ2v) is 9.58. The van der Waals surface area contributed by atoms with Crippen molar-refractivity contribution < 1.29 is 14.5 Å². The average Bonchev–Trinajstić information content (AvgIpc) is 3.38. The number of aromatic nitrogens is 1. The van der Waals surface area contributed by atoms with E-state index >= 15 is 0 Å². The van der Waals surface area contributed by atoms with Gasteiger partial charge in [0.1, 0.15) is 5.00 Å². The third-order valence-corrected chi connectivity index (χ3v) is 7.05. The molecule has 0 aliphatic carbocycles. The first kappa shape index (κ1) is 25.6. The lowest BCUT2D eigenvalue weighted by molar-refractivity contribution is -0.384. The van der Waals surface area contributed by atoms with Crippen LogP contribution in [0.4, 0.5) is 22.1 Å². The zero-order chi connectivity index (χ0) is 26.9. The molecule has 1 aliphatic heterocycles. The van der Waals surface area contributed by atoms with Crippen molar-refractivity contribution in [1.82, 2.24) is 9.27 Å². The van der Waals surface area contributed by atoms with Crippen LogP contribution in [0.15, 0.2) is 60.7 Å². The highest BCUT2D eigenvalue weighted by Crippen LogP contribution is 2.28. The Morgan fingerprint density at radius 1 is 1.05 bits per heavy atom. The number of nitrogens with two attached hydrogens (primary N) is 2. The van der Waals surface area contributed by atoms with Gasteiger partial charge in [0.2, 0.25) is 0 Å². The largest absolute Gasteiger partial charge is 0.399 e. The number of aryl methyl sites for hydroxylation is 1. The maximum atomic E-state index is 12.5.